The number of likely N-dealkylation sites (tertiary alicyclic amines) is 1. The molecule has 2 nitrogen and oxygen atoms in total. The van der Waals surface area contributed by atoms with Crippen LogP contribution >= 0.6 is 11.3 Å². The molecule has 1 N–H and O–H groups in total. The van der Waals surface area contributed by atoms with E-state index in [1.165, 1.54) is 15.6 Å². The normalized spacial score (nSPS) is 17.8. The van der Waals surface area contributed by atoms with Crippen molar-refractivity contribution in [3.8, 4) is 0 Å². The Hall–Kier alpha value is -0.900. The summed E-state index contributed by atoms with van der Waals surface area (Å²) in [6, 6.07) is 8.57. The van der Waals surface area contributed by atoms with Crippen molar-refractivity contribution in [1.29, 1.82) is 0 Å². The summed E-state index contributed by atoms with van der Waals surface area (Å²) < 4.78 is 1.37. The zero-order chi connectivity index (χ0) is 11.0. The van der Waals surface area contributed by atoms with Gasteiger partial charge in [-0.3, -0.25) is 4.90 Å². The summed E-state index contributed by atoms with van der Waals surface area (Å²) in [5, 5.41) is 12.6. The van der Waals surface area contributed by atoms with E-state index in [4.69, 9.17) is 5.11 Å². The van der Waals surface area contributed by atoms with Gasteiger partial charge in [0.2, 0.25) is 0 Å². The number of benzene rings is 1. The second-order valence-corrected chi connectivity index (χ2v) is 5.41. The standard InChI is InChI=1S/C13H15NOS/c15-8-10-5-14(6-10)7-11-9-16-13-4-2-1-3-12(11)13/h1-4,9-10,15H,5-8H2. The zero-order valence-corrected chi connectivity index (χ0v) is 9.91. The number of nitrogens with zero attached hydrogens (tertiary/aromatic N) is 1. The van der Waals surface area contributed by atoms with Gasteiger partial charge in [-0.2, -0.15) is 0 Å². The van der Waals surface area contributed by atoms with Crippen molar-refractivity contribution in [2.45, 2.75) is 6.54 Å². The molecule has 1 aliphatic rings. The minimum Gasteiger partial charge on any atom is -0.396 e. The summed E-state index contributed by atoms with van der Waals surface area (Å²) in [6.45, 7) is 3.45. The van der Waals surface area contributed by atoms with Gasteiger partial charge in [0.15, 0.2) is 0 Å². The second kappa shape index (κ2) is 4.17. The molecule has 0 atom stereocenters. The Balaban J connectivity index is 1.75. The van der Waals surface area contributed by atoms with Crippen LogP contribution in [-0.2, 0) is 6.54 Å². The van der Waals surface area contributed by atoms with Gasteiger partial charge in [0.25, 0.3) is 0 Å². The summed E-state index contributed by atoms with van der Waals surface area (Å²) in [6.07, 6.45) is 0. The van der Waals surface area contributed by atoms with E-state index in [0.717, 1.165) is 19.6 Å². The Bertz CT molecular complexity index is 487. The lowest BCUT2D eigenvalue weighted by atomic mass is 10.0. The topological polar surface area (TPSA) is 23.5 Å². The zero-order valence-electron chi connectivity index (χ0n) is 9.10. The van der Waals surface area contributed by atoms with Gasteiger partial charge in [-0.05, 0) is 22.4 Å². The van der Waals surface area contributed by atoms with Crippen LogP contribution in [0.2, 0.25) is 0 Å². The van der Waals surface area contributed by atoms with Crippen LogP contribution in [0.25, 0.3) is 10.1 Å². The molecule has 1 aliphatic heterocycles. The van der Waals surface area contributed by atoms with Crippen molar-refractivity contribution < 1.29 is 5.11 Å². The summed E-state index contributed by atoms with van der Waals surface area (Å²) in [5.74, 6) is 0.505. The lowest BCUT2D eigenvalue weighted by Gasteiger charge is -2.38. The summed E-state index contributed by atoms with van der Waals surface area (Å²) in [7, 11) is 0. The maximum atomic E-state index is 8.98. The predicted molar refractivity (Wildman–Crippen MR) is 67.7 cm³/mol. The highest BCUT2D eigenvalue weighted by Gasteiger charge is 2.26. The fraction of sp³-hybridized carbons (Fsp3) is 0.385. The van der Waals surface area contributed by atoms with E-state index in [1.54, 1.807) is 0 Å². The highest BCUT2D eigenvalue weighted by molar-refractivity contribution is 7.17. The monoisotopic (exact) mass is 233 g/mol. The molecule has 0 unspecified atom stereocenters. The highest BCUT2D eigenvalue weighted by Crippen LogP contribution is 2.28. The number of fused-ring (bicyclic) bond motifs is 1. The Kier molecular flexibility index (Phi) is 2.67. The van der Waals surface area contributed by atoms with Crippen molar-refractivity contribution in [1.82, 2.24) is 4.90 Å². The van der Waals surface area contributed by atoms with Crippen LogP contribution in [-0.4, -0.2) is 29.7 Å². The fourth-order valence-electron chi connectivity index (χ4n) is 2.32. The van der Waals surface area contributed by atoms with Gasteiger partial charge in [-0.25, -0.2) is 0 Å². The lowest BCUT2D eigenvalue weighted by Crippen LogP contribution is -2.47. The van der Waals surface area contributed by atoms with Crippen molar-refractivity contribution in [2.24, 2.45) is 5.92 Å². The van der Waals surface area contributed by atoms with E-state index in [9.17, 15) is 0 Å². The average Bonchev–Trinajstić information content (AvgIpc) is 2.66. The fourth-order valence-corrected chi connectivity index (χ4v) is 3.27. The first-order valence-electron chi connectivity index (χ1n) is 5.65. The maximum Gasteiger partial charge on any atom is 0.0483 e. The molecule has 0 bridgehead atoms. The molecule has 3 heteroatoms. The summed E-state index contributed by atoms with van der Waals surface area (Å²) in [5.41, 5.74) is 1.43. The molecule has 0 spiro atoms. The van der Waals surface area contributed by atoms with Crippen molar-refractivity contribution in [3.63, 3.8) is 0 Å². The number of aliphatic hydroxyl groups excluding tert-OH is 1. The van der Waals surface area contributed by atoms with Crippen molar-refractivity contribution in [3.05, 3.63) is 35.2 Å². The van der Waals surface area contributed by atoms with E-state index < -0.39 is 0 Å². The van der Waals surface area contributed by atoms with Crippen LogP contribution in [0, 0.1) is 5.92 Å². The third kappa shape index (κ3) is 1.75. The first-order valence-corrected chi connectivity index (χ1v) is 6.53. The van der Waals surface area contributed by atoms with E-state index in [2.05, 4.69) is 34.5 Å². The van der Waals surface area contributed by atoms with Crippen LogP contribution in [0.5, 0.6) is 0 Å². The van der Waals surface area contributed by atoms with Gasteiger partial charge < -0.3 is 5.11 Å². The van der Waals surface area contributed by atoms with Crippen LogP contribution in [0.15, 0.2) is 29.6 Å². The largest absolute Gasteiger partial charge is 0.396 e. The molecule has 16 heavy (non-hydrogen) atoms. The van der Waals surface area contributed by atoms with E-state index in [1.807, 2.05) is 11.3 Å². The van der Waals surface area contributed by atoms with Crippen LogP contribution in [0.4, 0.5) is 0 Å². The molecule has 2 heterocycles. The first kappa shape index (κ1) is 10.3. The van der Waals surface area contributed by atoms with Crippen LogP contribution in [0.1, 0.15) is 5.56 Å². The third-order valence-electron chi connectivity index (χ3n) is 3.25. The second-order valence-electron chi connectivity index (χ2n) is 4.50. The number of hydrogen-bond donors (Lipinski definition) is 1. The molecule has 1 saturated heterocycles. The van der Waals surface area contributed by atoms with Gasteiger partial charge >= 0.3 is 0 Å². The van der Waals surface area contributed by atoms with Gasteiger partial charge in [0.05, 0.1) is 0 Å². The van der Waals surface area contributed by atoms with E-state index in [0.29, 0.717) is 12.5 Å². The molecular formula is C13H15NOS. The molecule has 1 aromatic carbocycles. The first-order chi connectivity index (χ1) is 7.86. The molecule has 1 fully saturated rings. The average molecular weight is 233 g/mol. The lowest BCUT2D eigenvalue weighted by molar-refractivity contribution is 0.0483. The molecule has 2 aromatic rings. The van der Waals surface area contributed by atoms with Gasteiger partial charge in [0.1, 0.15) is 0 Å². The van der Waals surface area contributed by atoms with Gasteiger partial charge in [0, 0.05) is 36.9 Å². The predicted octanol–water partition coefficient (Wildman–Crippen LogP) is 2.33. The maximum absolute atomic E-state index is 8.98. The highest BCUT2D eigenvalue weighted by atomic mass is 32.1. The molecule has 3 rings (SSSR count). The SMILES string of the molecule is OCC1CN(Cc2csc3ccccc23)C1. The Morgan fingerprint density at radius 3 is 2.94 bits per heavy atom. The quantitative estimate of drug-likeness (QED) is 0.879. The van der Waals surface area contributed by atoms with E-state index in [-0.39, 0.29) is 0 Å². The Labute approximate surface area is 99.1 Å². The van der Waals surface area contributed by atoms with Crippen LogP contribution < -0.4 is 0 Å². The number of thiophene rings is 1. The number of hydrogen-bond acceptors (Lipinski definition) is 3. The summed E-state index contributed by atoms with van der Waals surface area (Å²) in [4.78, 5) is 2.40. The molecule has 1 aromatic heterocycles. The Morgan fingerprint density at radius 2 is 2.12 bits per heavy atom. The number of aliphatic hydroxyl groups is 1. The molecular weight excluding hydrogens is 218 g/mol. The van der Waals surface area contributed by atoms with Gasteiger partial charge in [-0.15, -0.1) is 11.3 Å². The minimum atomic E-state index is 0.334. The van der Waals surface area contributed by atoms with Crippen molar-refractivity contribution >= 4 is 21.4 Å². The molecule has 0 saturated carbocycles. The minimum absolute atomic E-state index is 0.334. The summed E-state index contributed by atoms with van der Waals surface area (Å²) >= 11 is 1.82. The number of rotatable bonds is 3. The molecule has 0 radical (unpaired) electrons. The van der Waals surface area contributed by atoms with Crippen molar-refractivity contribution in [2.75, 3.05) is 19.7 Å². The van der Waals surface area contributed by atoms with Gasteiger partial charge in [-0.1, -0.05) is 18.2 Å². The third-order valence-corrected chi connectivity index (χ3v) is 4.26. The molecule has 84 valence electrons. The van der Waals surface area contributed by atoms with Crippen LogP contribution in [0.3, 0.4) is 0 Å². The molecule has 0 aliphatic carbocycles. The van der Waals surface area contributed by atoms with E-state index >= 15 is 0 Å². The molecule has 0 amide bonds. The Morgan fingerprint density at radius 1 is 1.31 bits per heavy atom. The smallest absolute Gasteiger partial charge is 0.0483 e.